The number of halogens is 1. The van der Waals surface area contributed by atoms with Crippen LogP contribution in [-0.4, -0.2) is 27.6 Å². The van der Waals surface area contributed by atoms with Crippen molar-refractivity contribution in [3.8, 4) is 0 Å². The molecule has 2 aromatic heterocycles. The van der Waals surface area contributed by atoms with Crippen LogP contribution in [-0.2, 0) is 6.42 Å². The molecule has 0 aliphatic rings. The summed E-state index contributed by atoms with van der Waals surface area (Å²) in [5, 5.41) is 20.4. The molecule has 2 aromatic rings. The zero-order valence-electron chi connectivity index (χ0n) is 11.4. The van der Waals surface area contributed by atoms with Crippen LogP contribution in [0.15, 0.2) is 6.07 Å². The lowest BCUT2D eigenvalue weighted by Crippen LogP contribution is -2.25. The van der Waals surface area contributed by atoms with E-state index in [4.69, 9.17) is 11.6 Å². The molecule has 7 nitrogen and oxygen atoms in total. The average Bonchev–Trinajstić information content (AvgIpc) is 2.95. The predicted molar refractivity (Wildman–Crippen MR) is 80.1 cm³/mol. The number of rotatable bonds is 5. The number of thiophene rings is 1. The van der Waals surface area contributed by atoms with Gasteiger partial charge in [0.05, 0.1) is 10.6 Å². The number of H-pyrrole nitrogens is 1. The number of aryl methyl sites for hydroxylation is 2. The molecule has 112 valence electrons. The fourth-order valence-corrected chi connectivity index (χ4v) is 3.07. The van der Waals surface area contributed by atoms with E-state index >= 15 is 0 Å². The van der Waals surface area contributed by atoms with Crippen LogP contribution in [0, 0.1) is 24.0 Å². The van der Waals surface area contributed by atoms with Crippen LogP contribution in [0.4, 0.5) is 5.69 Å². The molecule has 2 heterocycles. The first kappa shape index (κ1) is 15.5. The van der Waals surface area contributed by atoms with Crippen molar-refractivity contribution in [3.63, 3.8) is 0 Å². The number of nitrogens with zero attached hydrogens (tertiary/aromatic N) is 2. The van der Waals surface area contributed by atoms with E-state index in [1.807, 2.05) is 13.8 Å². The summed E-state index contributed by atoms with van der Waals surface area (Å²) in [5.74, 6) is -0.367. The van der Waals surface area contributed by atoms with Gasteiger partial charge in [-0.3, -0.25) is 20.0 Å². The van der Waals surface area contributed by atoms with Crippen molar-refractivity contribution in [3.05, 3.63) is 42.3 Å². The third kappa shape index (κ3) is 3.40. The molecule has 2 rings (SSSR count). The van der Waals surface area contributed by atoms with Gasteiger partial charge in [-0.15, -0.1) is 11.3 Å². The van der Waals surface area contributed by atoms with Crippen LogP contribution in [0.1, 0.15) is 26.6 Å². The van der Waals surface area contributed by atoms with Crippen molar-refractivity contribution in [1.29, 1.82) is 0 Å². The molecule has 1 amide bonds. The Labute approximate surface area is 129 Å². The van der Waals surface area contributed by atoms with Crippen molar-refractivity contribution >= 4 is 34.5 Å². The number of aromatic amines is 1. The van der Waals surface area contributed by atoms with E-state index in [1.54, 1.807) is 0 Å². The summed E-state index contributed by atoms with van der Waals surface area (Å²) in [6.45, 7) is 4.23. The molecule has 0 radical (unpaired) electrons. The second-order valence-corrected chi connectivity index (χ2v) is 6.10. The molecule has 21 heavy (non-hydrogen) atoms. The standard InChI is InChI=1S/C12H13ClN4O3S/c1-6-8(7(2)16-15-6)3-4-14-12(18)10-5-9(17(19)20)11(13)21-10/h5H,3-4H2,1-2H3,(H,14,18)(H,15,16). The van der Waals surface area contributed by atoms with E-state index < -0.39 is 4.92 Å². The number of aromatic nitrogens is 2. The van der Waals surface area contributed by atoms with Crippen molar-refractivity contribution in [2.24, 2.45) is 0 Å². The molecule has 0 aromatic carbocycles. The lowest BCUT2D eigenvalue weighted by atomic mass is 10.1. The Balaban J connectivity index is 1.96. The fraction of sp³-hybridized carbons (Fsp3) is 0.333. The summed E-state index contributed by atoms with van der Waals surface area (Å²) in [4.78, 5) is 22.2. The van der Waals surface area contributed by atoms with Gasteiger partial charge < -0.3 is 5.32 Å². The number of amides is 1. The van der Waals surface area contributed by atoms with Crippen LogP contribution in [0.2, 0.25) is 4.34 Å². The van der Waals surface area contributed by atoms with E-state index in [1.165, 1.54) is 6.07 Å². The van der Waals surface area contributed by atoms with Crippen LogP contribution < -0.4 is 5.32 Å². The normalized spacial score (nSPS) is 10.6. The lowest BCUT2D eigenvalue weighted by Gasteiger charge is -2.03. The van der Waals surface area contributed by atoms with Crippen LogP contribution in [0.25, 0.3) is 0 Å². The van der Waals surface area contributed by atoms with Gasteiger partial charge in [0.1, 0.15) is 4.88 Å². The molecule has 0 spiro atoms. The van der Waals surface area contributed by atoms with Gasteiger partial charge in [-0.05, 0) is 25.8 Å². The zero-order valence-corrected chi connectivity index (χ0v) is 13.0. The maximum atomic E-state index is 11.9. The Morgan fingerprint density at radius 1 is 1.57 bits per heavy atom. The molecule has 0 saturated carbocycles. The minimum atomic E-state index is -0.603. The molecule has 0 fully saturated rings. The maximum absolute atomic E-state index is 11.9. The highest BCUT2D eigenvalue weighted by molar-refractivity contribution is 7.18. The van der Waals surface area contributed by atoms with Gasteiger partial charge in [0.25, 0.3) is 11.6 Å². The monoisotopic (exact) mass is 328 g/mol. The first-order valence-electron chi connectivity index (χ1n) is 6.12. The molecule has 0 aliphatic carbocycles. The van der Waals surface area contributed by atoms with Gasteiger partial charge in [0.15, 0.2) is 4.34 Å². The third-order valence-electron chi connectivity index (χ3n) is 3.03. The summed E-state index contributed by atoms with van der Waals surface area (Å²) >= 11 is 6.62. The first-order valence-corrected chi connectivity index (χ1v) is 7.32. The Kier molecular flexibility index (Phi) is 4.59. The van der Waals surface area contributed by atoms with E-state index in [2.05, 4.69) is 15.5 Å². The average molecular weight is 329 g/mol. The van der Waals surface area contributed by atoms with Crippen LogP contribution in [0.5, 0.6) is 0 Å². The Morgan fingerprint density at radius 3 is 2.81 bits per heavy atom. The second-order valence-electron chi connectivity index (χ2n) is 4.45. The van der Waals surface area contributed by atoms with Crippen molar-refractivity contribution in [1.82, 2.24) is 15.5 Å². The Bertz CT molecular complexity index is 675. The third-order valence-corrected chi connectivity index (χ3v) is 4.37. The van der Waals surface area contributed by atoms with Crippen molar-refractivity contribution < 1.29 is 9.72 Å². The van der Waals surface area contributed by atoms with Gasteiger partial charge >= 0.3 is 0 Å². The summed E-state index contributed by atoms with van der Waals surface area (Å²) in [5.41, 5.74) is 2.69. The molecule has 0 saturated heterocycles. The summed E-state index contributed by atoms with van der Waals surface area (Å²) in [6.07, 6.45) is 0.640. The van der Waals surface area contributed by atoms with E-state index in [9.17, 15) is 14.9 Å². The predicted octanol–water partition coefficient (Wildman–Crippen LogP) is 2.62. The smallest absolute Gasteiger partial charge is 0.299 e. The van der Waals surface area contributed by atoms with Crippen molar-refractivity contribution in [2.45, 2.75) is 20.3 Å². The van der Waals surface area contributed by atoms with Gasteiger partial charge in [-0.2, -0.15) is 5.10 Å². The van der Waals surface area contributed by atoms with Gasteiger partial charge in [0, 0.05) is 18.3 Å². The fourth-order valence-electron chi connectivity index (χ4n) is 1.93. The minimum Gasteiger partial charge on any atom is -0.351 e. The largest absolute Gasteiger partial charge is 0.351 e. The van der Waals surface area contributed by atoms with E-state index in [0.717, 1.165) is 28.3 Å². The topological polar surface area (TPSA) is 101 Å². The molecule has 2 N–H and O–H groups in total. The van der Waals surface area contributed by atoms with E-state index in [-0.39, 0.29) is 20.8 Å². The summed E-state index contributed by atoms with van der Waals surface area (Å²) in [7, 11) is 0. The second kappa shape index (κ2) is 6.23. The molecule has 9 heteroatoms. The van der Waals surface area contributed by atoms with E-state index in [0.29, 0.717) is 13.0 Å². The molecule has 0 unspecified atom stereocenters. The highest BCUT2D eigenvalue weighted by atomic mass is 35.5. The minimum absolute atomic E-state index is 0.00618. The quantitative estimate of drug-likeness (QED) is 0.650. The lowest BCUT2D eigenvalue weighted by molar-refractivity contribution is -0.384. The number of hydrogen-bond donors (Lipinski definition) is 2. The molecule has 0 bridgehead atoms. The first-order chi connectivity index (χ1) is 9.90. The SMILES string of the molecule is Cc1n[nH]c(C)c1CCNC(=O)c1cc([N+](=O)[O-])c(Cl)s1. The molecular formula is C12H13ClN4O3S. The number of nitrogens with one attached hydrogen (secondary N) is 2. The number of carbonyl (C=O) groups is 1. The maximum Gasteiger partial charge on any atom is 0.299 e. The zero-order chi connectivity index (χ0) is 15.6. The van der Waals surface area contributed by atoms with Gasteiger partial charge in [0.2, 0.25) is 0 Å². The Hall–Kier alpha value is -1.93. The number of carbonyl (C=O) groups excluding carboxylic acids is 1. The number of nitro groups is 1. The summed E-state index contributed by atoms with van der Waals surface area (Å²) in [6, 6.07) is 1.19. The molecule has 0 aliphatic heterocycles. The Morgan fingerprint density at radius 2 is 2.29 bits per heavy atom. The highest BCUT2D eigenvalue weighted by Crippen LogP contribution is 2.33. The highest BCUT2D eigenvalue weighted by Gasteiger charge is 2.20. The van der Waals surface area contributed by atoms with Gasteiger partial charge in [-0.1, -0.05) is 11.6 Å². The van der Waals surface area contributed by atoms with Crippen LogP contribution >= 0.6 is 22.9 Å². The van der Waals surface area contributed by atoms with Gasteiger partial charge in [-0.25, -0.2) is 0 Å². The van der Waals surface area contributed by atoms with Crippen LogP contribution in [0.3, 0.4) is 0 Å². The molecular weight excluding hydrogens is 316 g/mol. The molecule has 0 atom stereocenters. The summed E-state index contributed by atoms with van der Waals surface area (Å²) < 4.78 is 0.00618. The van der Waals surface area contributed by atoms with Crippen molar-refractivity contribution in [2.75, 3.05) is 6.54 Å². The number of hydrogen-bond acceptors (Lipinski definition) is 5.